The lowest BCUT2D eigenvalue weighted by atomic mass is 10.1. The fraction of sp³-hybridized carbons (Fsp3) is 0.500. The van der Waals surface area contributed by atoms with Crippen molar-refractivity contribution in [2.45, 2.75) is 26.1 Å². The smallest absolute Gasteiger partial charge is 0.380 e. The fourth-order valence-corrected chi connectivity index (χ4v) is 1.45. The highest BCUT2D eigenvalue weighted by atomic mass is 19.4. The van der Waals surface area contributed by atoms with Crippen molar-refractivity contribution in [2.75, 3.05) is 18.5 Å². The molecule has 0 saturated heterocycles. The molecule has 1 aromatic carbocycles. The van der Waals surface area contributed by atoms with Crippen LogP contribution in [-0.4, -0.2) is 19.3 Å². The quantitative estimate of drug-likeness (QED) is 0.820. The molecule has 0 fully saturated rings. The van der Waals surface area contributed by atoms with Crippen molar-refractivity contribution in [2.24, 2.45) is 0 Å². The van der Waals surface area contributed by atoms with E-state index in [-0.39, 0.29) is 11.7 Å². The normalized spacial score (nSPS) is 13.4. The Labute approximate surface area is 103 Å². The molecule has 1 aromatic rings. The average molecular weight is 265 g/mol. The van der Waals surface area contributed by atoms with Crippen LogP contribution in [-0.2, 0) is 10.9 Å². The van der Waals surface area contributed by atoms with Crippen molar-refractivity contribution in [3.63, 3.8) is 0 Å². The summed E-state index contributed by atoms with van der Waals surface area (Å²) in [6.07, 6.45) is -4.69. The lowest BCUT2D eigenvalue weighted by Crippen LogP contribution is -2.22. The van der Waals surface area contributed by atoms with Crippen LogP contribution in [0.3, 0.4) is 0 Å². The third kappa shape index (κ3) is 4.18. The summed E-state index contributed by atoms with van der Waals surface area (Å²) in [4.78, 5) is 0. The van der Waals surface area contributed by atoms with Crippen LogP contribution >= 0.6 is 0 Å². The maximum Gasteiger partial charge on any atom is 0.419 e. The number of halogens is 4. The van der Waals surface area contributed by atoms with Gasteiger partial charge in [0.2, 0.25) is 0 Å². The van der Waals surface area contributed by atoms with Crippen molar-refractivity contribution < 1.29 is 22.3 Å². The molecule has 0 bridgehead atoms. The summed E-state index contributed by atoms with van der Waals surface area (Å²) in [7, 11) is 0. The second kappa shape index (κ2) is 6.04. The molecule has 0 aliphatic heterocycles. The van der Waals surface area contributed by atoms with Crippen LogP contribution < -0.4 is 5.32 Å². The zero-order valence-corrected chi connectivity index (χ0v) is 10.1. The molecule has 102 valence electrons. The summed E-state index contributed by atoms with van der Waals surface area (Å²) >= 11 is 0. The van der Waals surface area contributed by atoms with Crippen molar-refractivity contribution >= 4 is 5.69 Å². The first kappa shape index (κ1) is 14.8. The molecular formula is C12H15F4NO. The minimum atomic E-state index is -4.69. The van der Waals surface area contributed by atoms with Gasteiger partial charge in [0.15, 0.2) is 0 Å². The van der Waals surface area contributed by atoms with E-state index in [9.17, 15) is 17.6 Å². The van der Waals surface area contributed by atoms with Gasteiger partial charge in [-0.2, -0.15) is 13.2 Å². The summed E-state index contributed by atoms with van der Waals surface area (Å²) in [6, 6.07) is 2.68. The van der Waals surface area contributed by atoms with Crippen LogP contribution in [0.1, 0.15) is 19.4 Å². The molecule has 1 atom stereocenters. The number of alkyl halides is 3. The van der Waals surface area contributed by atoms with Gasteiger partial charge in [-0.15, -0.1) is 0 Å². The maximum absolute atomic E-state index is 13.0. The molecule has 1 N–H and O–H groups in total. The average Bonchev–Trinajstić information content (AvgIpc) is 2.27. The zero-order valence-electron chi connectivity index (χ0n) is 10.1. The molecule has 1 rings (SSSR count). The van der Waals surface area contributed by atoms with Crippen LogP contribution in [0, 0.1) is 5.82 Å². The third-order valence-electron chi connectivity index (χ3n) is 2.26. The Morgan fingerprint density at radius 1 is 1.33 bits per heavy atom. The Kier molecular flexibility index (Phi) is 4.95. The van der Waals surface area contributed by atoms with Crippen molar-refractivity contribution in [1.29, 1.82) is 0 Å². The highest BCUT2D eigenvalue weighted by Gasteiger charge is 2.34. The third-order valence-corrected chi connectivity index (χ3v) is 2.26. The van der Waals surface area contributed by atoms with Gasteiger partial charge in [0.1, 0.15) is 5.82 Å². The monoisotopic (exact) mass is 265 g/mol. The van der Waals surface area contributed by atoms with Crippen LogP contribution in [0.25, 0.3) is 0 Å². The van der Waals surface area contributed by atoms with Gasteiger partial charge in [-0.25, -0.2) is 4.39 Å². The molecule has 0 amide bonds. The van der Waals surface area contributed by atoms with E-state index < -0.39 is 17.6 Å². The number of benzene rings is 1. The van der Waals surface area contributed by atoms with E-state index in [1.54, 1.807) is 6.92 Å². The molecule has 2 nitrogen and oxygen atoms in total. The molecule has 18 heavy (non-hydrogen) atoms. The lowest BCUT2D eigenvalue weighted by molar-refractivity contribution is -0.139. The fourth-order valence-electron chi connectivity index (χ4n) is 1.45. The summed E-state index contributed by atoms with van der Waals surface area (Å²) in [5, 5.41) is 2.82. The van der Waals surface area contributed by atoms with E-state index in [0.29, 0.717) is 13.2 Å². The van der Waals surface area contributed by atoms with Crippen LogP contribution in [0.4, 0.5) is 23.2 Å². The van der Waals surface area contributed by atoms with Gasteiger partial charge in [-0.05, 0) is 32.0 Å². The Hall–Kier alpha value is -1.30. The zero-order chi connectivity index (χ0) is 13.8. The van der Waals surface area contributed by atoms with E-state index in [0.717, 1.165) is 12.1 Å². The molecule has 0 aliphatic carbocycles. The van der Waals surface area contributed by atoms with Gasteiger partial charge >= 0.3 is 6.18 Å². The number of hydrogen-bond acceptors (Lipinski definition) is 2. The molecule has 6 heteroatoms. The van der Waals surface area contributed by atoms with Crippen LogP contribution in [0.5, 0.6) is 0 Å². The van der Waals surface area contributed by atoms with Gasteiger partial charge in [-0.3, -0.25) is 0 Å². The number of hydrogen-bond donors (Lipinski definition) is 1. The van der Waals surface area contributed by atoms with E-state index >= 15 is 0 Å². The largest absolute Gasteiger partial charge is 0.419 e. The van der Waals surface area contributed by atoms with Gasteiger partial charge < -0.3 is 10.1 Å². The van der Waals surface area contributed by atoms with Crippen molar-refractivity contribution in [1.82, 2.24) is 0 Å². The molecule has 1 unspecified atom stereocenters. The van der Waals surface area contributed by atoms with E-state index in [1.807, 2.05) is 6.92 Å². The first-order valence-corrected chi connectivity index (χ1v) is 5.55. The Bertz CT molecular complexity index is 392. The summed E-state index contributed by atoms with van der Waals surface area (Å²) in [5.41, 5.74) is -1.05. The summed E-state index contributed by atoms with van der Waals surface area (Å²) in [6.45, 7) is 4.50. The molecule has 0 radical (unpaired) electrons. The second-order valence-electron chi connectivity index (χ2n) is 3.90. The van der Waals surface area contributed by atoms with Crippen molar-refractivity contribution in [3.05, 3.63) is 29.6 Å². The number of nitrogens with one attached hydrogen (secondary N) is 1. The minimum absolute atomic E-state index is 0.156. The number of rotatable bonds is 5. The first-order valence-electron chi connectivity index (χ1n) is 5.55. The van der Waals surface area contributed by atoms with Gasteiger partial charge in [-0.1, -0.05) is 0 Å². The standard InChI is InChI=1S/C12H15F4NO/c1-3-18-7-8(2)17-9-4-5-11(13)10(6-9)12(14,15)16/h4-6,8,17H,3,7H2,1-2H3. The Morgan fingerprint density at radius 2 is 2.00 bits per heavy atom. The highest BCUT2D eigenvalue weighted by Crippen LogP contribution is 2.33. The topological polar surface area (TPSA) is 21.3 Å². The predicted octanol–water partition coefficient (Wildman–Crippen LogP) is 3.68. The van der Waals surface area contributed by atoms with E-state index in [1.165, 1.54) is 6.07 Å². The van der Waals surface area contributed by atoms with Crippen molar-refractivity contribution in [3.8, 4) is 0 Å². The molecule has 0 saturated carbocycles. The van der Waals surface area contributed by atoms with Crippen LogP contribution in [0.15, 0.2) is 18.2 Å². The Balaban J connectivity index is 2.79. The molecule has 0 aliphatic rings. The second-order valence-corrected chi connectivity index (χ2v) is 3.90. The molecule has 0 spiro atoms. The predicted molar refractivity (Wildman–Crippen MR) is 61.0 cm³/mol. The highest BCUT2D eigenvalue weighted by molar-refractivity contribution is 5.47. The van der Waals surface area contributed by atoms with Gasteiger partial charge in [0.05, 0.1) is 12.2 Å². The molecule has 0 aromatic heterocycles. The van der Waals surface area contributed by atoms with Gasteiger partial charge in [0, 0.05) is 18.3 Å². The van der Waals surface area contributed by atoms with Gasteiger partial charge in [0.25, 0.3) is 0 Å². The first-order chi connectivity index (χ1) is 8.34. The maximum atomic E-state index is 13.0. The summed E-state index contributed by atoms with van der Waals surface area (Å²) < 4.78 is 55.6. The lowest BCUT2D eigenvalue weighted by Gasteiger charge is -2.16. The SMILES string of the molecule is CCOCC(C)Nc1ccc(F)c(C(F)(F)F)c1. The van der Waals surface area contributed by atoms with E-state index in [4.69, 9.17) is 4.74 Å². The molecular weight excluding hydrogens is 250 g/mol. The Morgan fingerprint density at radius 3 is 2.56 bits per heavy atom. The number of ether oxygens (including phenoxy) is 1. The minimum Gasteiger partial charge on any atom is -0.380 e. The van der Waals surface area contributed by atoms with Crippen LogP contribution in [0.2, 0.25) is 0 Å². The number of anilines is 1. The summed E-state index contributed by atoms with van der Waals surface area (Å²) in [5.74, 6) is -1.27. The molecule has 0 heterocycles. The van der Waals surface area contributed by atoms with E-state index in [2.05, 4.69) is 5.32 Å².